The smallest absolute Gasteiger partial charge is 0.338 e. The van der Waals surface area contributed by atoms with Crippen molar-refractivity contribution in [2.24, 2.45) is 5.73 Å². The van der Waals surface area contributed by atoms with Crippen LogP contribution in [0.3, 0.4) is 0 Å². The average molecular weight is 377 g/mol. The number of primary amides is 1. The van der Waals surface area contributed by atoms with Crippen molar-refractivity contribution in [3.8, 4) is 17.2 Å². The second-order valence-electron chi connectivity index (χ2n) is 5.88. The summed E-state index contributed by atoms with van der Waals surface area (Å²) < 4.78 is 16.4. The first-order valence-electron chi connectivity index (χ1n) is 8.61. The van der Waals surface area contributed by atoms with Crippen LogP contribution in [0, 0.1) is 0 Å². The Labute approximate surface area is 162 Å². The van der Waals surface area contributed by atoms with Crippen molar-refractivity contribution < 1.29 is 23.8 Å². The minimum absolute atomic E-state index is 0.0712. The number of esters is 1. The number of nitrogens with two attached hydrogens (primary N) is 1. The third kappa shape index (κ3) is 5.35. The minimum atomic E-state index is -0.570. The van der Waals surface area contributed by atoms with Gasteiger partial charge in [0.1, 0.15) is 23.9 Å². The molecule has 142 valence electrons. The van der Waals surface area contributed by atoms with Crippen molar-refractivity contribution in [2.45, 2.75) is 6.61 Å². The second-order valence-corrected chi connectivity index (χ2v) is 5.88. The van der Waals surface area contributed by atoms with E-state index in [1.807, 2.05) is 54.6 Å². The zero-order valence-corrected chi connectivity index (χ0v) is 15.0. The zero-order valence-electron chi connectivity index (χ0n) is 15.0. The molecule has 0 aromatic heterocycles. The van der Waals surface area contributed by atoms with E-state index in [-0.39, 0.29) is 13.2 Å². The molecule has 28 heavy (non-hydrogen) atoms. The fraction of sp³-hybridized carbons (Fsp3) is 0.0909. The molecule has 0 unspecified atom stereocenters. The van der Waals surface area contributed by atoms with Crippen LogP contribution in [0.15, 0.2) is 78.9 Å². The van der Waals surface area contributed by atoms with Crippen LogP contribution in [0.2, 0.25) is 0 Å². The molecule has 0 radical (unpaired) electrons. The fourth-order valence-electron chi connectivity index (χ4n) is 2.41. The molecule has 6 heteroatoms. The van der Waals surface area contributed by atoms with Crippen LogP contribution < -0.4 is 15.2 Å². The maximum absolute atomic E-state index is 12.3. The van der Waals surface area contributed by atoms with Gasteiger partial charge in [-0.1, -0.05) is 36.4 Å². The number of carbonyl (C=O) groups is 2. The molecule has 0 heterocycles. The van der Waals surface area contributed by atoms with Crippen LogP contribution in [0.4, 0.5) is 0 Å². The summed E-state index contributed by atoms with van der Waals surface area (Å²) in [5.41, 5.74) is 6.15. The van der Waals surface area contributed by atoms with Crippen LogP contribution in [0.25, 0.3) is 0 Å². The summed E-state index contributed by atoms with van der Waals surface area (Å²) in [7, 11) is 0. The Bertz CT molecular complexity index is 939. The summed E-state index contributed by atoms with van der Waals surface area (Å²) in [6.07, 6.45) is 0. The van der Waals surface area contributed by atoms with E-state index in [9.17, 15) is 9.59 Å². The summed E-state index contributed by atoms with van der Waals surface area (Å²) in [6.45, 7) is -0.149. The number of amides is 1. The Balaban J connectivity index is 1.61. The van der Waals surface area contributed by atoms with Gasteiger partial charge < -0.3 is 19.9 Å². The van der Waals surface area contributed by atoms with Gasteiger partial charge >= 0.3 is 5.97 Å². The summed E-state index contributed by atoms with van der Waals surface area (Å²) >= 11 is 0. The third-order valence-electron chi connectivity index (χ3n) is 3.77. The van der Waals surface area contributed by atoms with E-state index < -0.39 is 11.9 Å². The van der Waals surface area contributed by atoms with E-state index in [0.29, 0.717) is 22.8 Å². The first kappa shape index (κ1) is 19.0. The van der Waals surface area contributed by atoms with E-state index in [1.165, 1.54) is 0 Å². The molecule has 3 aromatic rings. The van der Waals surface area contributed by atoms with Crippen LogP contribution in [0.1, 0.15) is 15.9 Å². The molecular weight excluding hydrogens is 358 g/mol. The van der Waals surface area contributed by atoms with Gasteiger partial charge in [-0.05, 0) is 42.5 Å². The SMILES string of the molecule is NC(=O)COc1ccc(C(=O)OCc2ccccc2Oc2ccccc2)cc1. The molecule has 6 nitrogen and oxygen atoms in total. The Morgan fingerprint density at radius 1 is 0.786 bits per heavy atom. The quantitative estimate of drug-likeness (QED) is 0.605. The standard InChI is InChI=1S/C22H19NO5/c23-21(24)15-26-18-12-10-16(11-13-18)22(25)27-14-17-6-4-5-9-20(17)28-19-7-2-1-3-8-19/h1-13H,14-15H2,(H2,23,24). The normalized spacial score (nSPS) is 10.1. The van der Waals surface area contributed by atoms with Crippen LogP contribution in [-0.2, 0) is 16.1 Å². The van der Waals surface area contributed by atoms with Crippen molar-refractivity contribution in [1.29, 1.82) is 0 Å². The molecule has 3 aromatic carbocycles. The lowest BCUT2D eigenvalue weighted by Gasteiger charge is -2.12. The number of carbonyl (C=O) groups excluding carboxylic acids is 2. The van der Waals surface area contributed by atoms with Crippen LogP contribution in [-0.4, -0.2) is 18.5 Å². The lowest BCUT2D eigenvalue weighted by molar-refractivity contribution is -0.119. The summed E-state index contributed by atoms with van der Waals surface area (Å²) in [5.74, 6) is 0.720. The number of benzene rings is 3. The molecule has 3 rings (SSSR count). The molecule has 2 N–H and O–H groups in total. The first-order chi connectivity index (χ1) is 13.6. The van der Waals surface area contributed by atoms with E-state index in [4.69, 9.17) is 19.9 Å². The number of hydrogen-bond acceptors (Lipinski definition) is 5. The Kier molecular flexibility index (Phi) is 6.25. The largest absolute Gasteiger partial charge is 0.484 e. The molecule has 1 amide bonds. The zero-order chi connectivity index (χ0) is 19.8. The van der Waals surface area contributed by atoms with E-state index in [2.05, 4.69) is 0 Å². The molecular formula is C22H19NO5. The highest BCUT2D eigenvalue weighted by Gasteiger charge is 2.11. The van der Waals surface area contributed by atoms with Crippen molar-refractivity contribution in [3.05, 3.63) is 90.0 Å². The van der Waals surface area contributed by atoms with E-state index in [0.717, 1.165) is 5.56 Å². The first-order valence-corrected chi connectivity index (χ1v) is 8.61. The monoisotopic (exact) mass is 377 g/mol. The van der Waals surface area contributed by atoms with Crippen molar-refractivity contribution in [2.75, 3.05) is 6.61 Å². The summed E-state index contributed by atoms with van der Waals surface area (Å²) in [6, 6.07) is 23.0. The topological polar surface area (TPSA) is 87.9 Å². The molecule has 0 aliphatic rings. The van der Waals surface area contributed by atoms with Gasteiger partial charge in [0.25, 0.3) is 5.91 Å². The summed E-state index contributed by atoms with van der Waals surface area (Å²) in [5, 5.41) is 0. The summed E-state index contributed by atoms with van der Waals surface area (Å²) in [4.78, 5) is 23.0. The van der Waals surface area contributed by atoms with Gasteiger partial charge in [0.15, 0.2) is 6.61 Å². The highest BCUT2D eigenvalue weighted by molar-refractivity contribution is 5.89. The Morgan fingerprint density at radius 2 is 1.46 bits per heavy atom. The van der Waals surface area contributed by atoms with Crippen molar-refractivity contribution in [3.63, 3.8) is 0 Å². The highest BCUT2D eigenvalue weighted by Crippen LogP contribution is 2.26. The lowest BCUT2D eigenvalue weighted by atomic mass is 10.2. The van der Waals surface area contributed by atoms with E-state index in [1.54, 1.807) is 24.3 Å². The van der Waals surface area contributed by atoms with Crippen LogP contribution in [0.5, 0.6) is 17.2 Å². The number of hydrogen-bond donors (Lipinski definition) is 1. The third-order valence-corrected chi connectivity index (χ3v) is 3.77. The van der Waals surface area contributed by atoms with Gasteiger partial charge in [-0.2, -0.15) is 0 Å². The minimum Gasteiger partial charge on any atom is -0.484 e. The molecule has 0 bridgehead atoms. The fourth-order valence-corrected chi connectivity index (χ4v) is 2.41. The predicted octanol–water partition coefficient (Wildman–Crippen LogP) is 3.70. The molecule has 0 fully saturated rings. The van der Waals surface area contributed by atoms with Gasteiger partial charge in [0.05, 0.1) is 5.56 Å². The molecule has 0 saturated carbocycles. The van der Waals surface area contributed by atoms with Crippen LogP contribution >= 0.6 is 0 Å². The van der Waals surface area contributed by atoms with Crippen molar-refractivity contribution in [1.82, 2.24) is 0 Å². The van der Waals surface area contributed by atoms with Gasteiger partial charge in [0, 0.05) is 5.56 Å². The predicted molar refractivity (Wildman–Crippen MR) is 103 cm³/mol. The van der Waals surface area contributed by atoms with Gasteiger partial charge in [-0.3, -0.25) is 4.79 Å². The molecule has 0 spiro atoms. The van der Waals surface area contributed by atoms with Gasteiger partial charge in [-0.25, -0.2) is 4.79 Å². The lowest BCUT2D eigenvalue weighted by Crippen LogP contribution is -2.20. The maximum atomic E-state index is 12.3. The molecule has 0 atom stereocenters. The molecule has 0 aliphatic carbocycles. The second kappa shape index (κ2) is 9.23. The van der Waals surface area contributed by atoms with Gasteiger partial charge in [-0.15, -0.1) is 0 Å². The molecule has 0 saturated heterocycles. The number of ether oxygens (including phenoxy) is 3. The maximum Gasteiger partial charge on any atom is 0.338 e. The van der Waals surface area contributed by atoms with E-state index >= 15 is 0 Å². The Morgan fingerprint density at radius 3 is 2.18 bits per heavy atom. The highest BCUT2D eigenvalue weighted by atomic mass is 16.5. The van der Waals surface area contributed by atoms with Gasteiger partial charge in [0.2, 0.25) is 0 Å². The number of rotatable bonds is 8. The van der Waals surface area contributed by atoms with Crippen molar-refractivity contribution >= 4 is 11.9 Å². The number of para-hydroxylation sites is 2. The molecule has 0 aliphatic heterocycles. The Hall–Kier alpha value is -3.80. The average Bonchev–Trinajstić information content (AvgIpc) is 2.72.